The molecule has 39 heavy (non-hydrogen) atoms. The number of nitrogens with one attached hydrogen (secondary N) is 3. The summed E-state index contributed by atoms with van der Waals surface area (Å²) in [6.07, 6.45) is -0.534. The van der Waals surface area contributed by atoms with Gasteiger partial charge in [0.2, 0.25) is 0 Å². The summed E-state index contributed by atoms with van der Waals surface area (Å²) >= 11 is 0. The molecule has 4 N–H and O–H groups in total. The standard InChI is InChI=1S/C28H39N5O6/c1-17(2)29-27(36)31-23-9-7-8-22-25(23)39-24(18(3)14-33(26(22)35)19(4)16-34)15-32(5)28(37)30-20-10-12-21(38-6)13-11-20/h7-13,17-19,24,34H,14-16H2,1-6H3,(H,30,37)(H2,29,31,36)/t18-,19+,24-/m1/s1. The average Bonchev–Trinajstić information content (AvgIpc) is 2.90. The summed E-state index contributed by atoms with van der Waals surface area (Å²) < 4.78 is 11.6. The summed E-state index contributed by atoms with van der Waals surface area (Å²) in [5.41, 5.74) is 1.21. The third kappa shape index (κ3) is 7.53. The molecule has 3 atom stereocenters. The molecule has 0 fully saturated rings. The lowest BCUT2D eigenvalue weighted by Crippen LogP contribution is -2.50. The Morgan fingerprint density at radius 1 is 1.15 bits per heavy atom. The number of rotatable bonds is 8. The van der Waals surface area contributed by atoms with Crippen LogP contribution in [0.5, 0.6) is 11.5 Å². The van der Waals surface area contributed by atoms with Gasteiger partial charge in [-0.2, -0.15) is 0 Å². The van der Waals surface area contributed by atoms with Crippen molar-refractivity contribution in [3.05, 3.63) is 48.0 Å². The number of methoxy groups -OCH3 is 1. The van der Waals surface area contributed by atoms with Crippen LogP contribution in [0, 0.1) is 5.92 Å². The van der Waals surface area contributed by atoms with Crippen LogP contribution in [0.2, 0.25) is 0 Å². The molecule has 0 radical (unpaired) electrons. The van der Waals surface area contributed by atoms with Crippen LogP contribution < -0.4 is 25.4 Å². The first kappa shape index (κ1) is 29.6. The number of ether oxygens (including phenoxy) is 2. The van der Waals surface area contributed by atoms with Crippen molar-refractivity contribution in [2.24, 2.45) is 5.92 Å². The van der Waals surface area contributed by atoms with E-state index in [0.717, 1.165) is 0 Å². The summed E-state index contributed by atoms with van der Waals surface area (Å²) in [5.74, 6) is 0.372. The number of carbonyl (C=O) groups is 3. The minimum Gasteiger partial charge on any atom is -0.497 e. The van der Waals surface area contributed by atoms with Crippen LogP contribution in [0.1, 0.15) is 38.1 Å². The van der Waals surface area contributed by atoms with Crippen molar-refractivity contribution in [3.8, 4) is 11.5 Å². The molecule has 11 nitrogen and oxygen atoms in total. The highest BCUT2D eigenvalue weighted by atomic mass is 16.5. The lowest BCUT2D eigenvalue weighted by Gasteiger charge is -2.38. The Hall–Kier alpha value is -3.99. The van der Waals surface area contributed by atoms with E-state index >= 15 is 0 Å². The predicted molar refractivity (Wildman–Crippen MR) is 150 cm³/mol. The van der Waals surface area contributed by atoms with Gasteiger partial charge in [0.05, 0.1) is 37.6 Å². The zero-order chi connectivity index (χ0) is 28.7. The fourth-order valence-electron chi connectivity index (χ4n) is 4.23. The quantitative estimate of drug-likeness (QED) is 0.404. The van der Waals surface area contributed by atoms with E-state index in [1.54, 1.807) is 68.4 Å². The molecular formula is C28H39N5O6. The van der Waals surface area contributed by atoms with Gasteiger partial charge in [0.15, 0.2) is 5.75 Å². The van der Waals surface area contributed by atoms with Crippen LogP contribution in [0.25, 0.3) is 0 Å². The highest BCUT2D eigenvalue weighted by Gasteiger charge is 2.35. The molecule has 1 aliphatic heterocycles. The van der Waals surface area contributed by atoms with Crippen molar-refractivity contribution in [3.63, 3.8) is 0 Å². The number of para-hydroxylation sites is 1. The predicted octanol–water partition coefficient (Wildman–Crippen LogP) is 3.61. The number of hydrogen-bond acceptors (Lipinski definition) is 6. The second kappa shape index (κ2) is 13.2. The number of amides is 5. The summed E-state index contributed by atoms with van der Waals surface area (Å²) in [4.78, 5) is 42.2. The van der Waals surface area contributed by atoms with E-state index in [0.29, 0.717) is 23.7 Å². The first-order valence-corrected chi connectivity index (χ1v) is 13.0. The Labute approximate surface area is 229 Å². The molecule has 0 bridgehead atoms. The second-order valence-corrected chi connectivity index (χ2v) is 10.1. The third-order valence-electron chi connectivity index (χ3n) is 6.50. The first-order valence-electron chi connectivity index (χ1n) is 13.0. The normalized spacial score (nSPS) is 17.7. The van der Waals surface area contributed by atoms with E-state index in [2.05, 4.69) is 16.0 Å². The Morgan fingerprint density at radius 2 is 1.85 bits per heavy atom. The molecule has 1 aliphatic rings. The Morgan fingerprint density at radius 3 is 2.46 bits per heavy atom. The summed E-state index contributed by atoms with van der Waals surface area (Å²) in [6.45, 7) is 7.68. The van der Waals surface area contributed by atoms with Crippen LogP contribution in [0.4, 0.5) is 21.0 Å². The van der Waals surface area contributed by atoms with Crippen molar-refractivity contribution in [2.75, 3.05) is 44.5 Å². The number of carbonyl (C=O) groups excluding carboxylic acids is 3. The number of urea groups is 2. The SMILES string of the molecule is COc1ccc(NC(=O)N(C)C[C@H]2Oc3c(NC(=O)NC(C)C)cccc3C(=O)N([C@@H](C)CO)C[C@H]2C)cc1. The van der Waals surface area contributed by atoms with Crippen LogP contribution in [0.3, 0.4) is 0 Å². The highest BCUT2D eigenvalue weighted by molar-refractivity contribution is 6.01. The van der Waals surface area contributed by atoms with E-state index in [-0.39, 0.29) is 48.4 Å². The van der Waals surface area contributed by atoms with Crippen molar-refractivity contribution in [2.45, 2.75) is 45.9 Å². The molecule has 212 valence electrons. The van der Waals surface area contributed by atoms with Crippen LogP contribution in [-0.2, 0) is 0 Å². The van der Waals surface area contributed by atoms with Gasteiger partial charge in [-0.15, -0.1) is 0 Å². The number of likely N-dealkylation sites (N-methyl/N-ethyl adjacent to an activating group) is 1. The fraction of sp³-hybridized carbons (Fsp3) is 0.464. The summed E-state index contributed by atoms with van der Waals surface area (Å²) in [7, 11) is 3.23. The van der Waals surface area contributed by atoms with Gasteiger partial charge in [-0.05, 0) is 57.2 Å². The lowest BCUT2D eigenvalue weighted by atomic mass is 9.99. The summed E-state index contributed by atoms with van der Waals surface area (Å²) in [6, 6.07) is 10.7. The topological polar surface area (TPSA) is 132 Å². The fourth-order valence-corrected chi connectivity index (χ4v) is 4.23. The van der Waals surface area contributed by atoms with Crippen molar-refractivity contribution >= 4 is 29.3 Å². The number of aliphatic hydroxyl groups excluding tert-OH is 1. The number of benzene rings is 2. The maximum Gasteiger partial charge on any atom is 0.321 e. The van der Waals surface area contributed by atoms with Gasteiger partial charge in [-0.3, -0.25) is 4.79 Å². The first-order chi connectivity index (χ1) is 18.5. The highest BCUT2D eigenvalue weighted by Crippen LogP contribution is 2.35. The van der Waals surface area contributed by atoms with E-state index in [1.807, 2.05) is 20.8 Å². The van der Waals surface area contributed by atoms with Gasteiger partial charge in [0.25, 0.3) is 5.91 Å². The van der Waals surface area contributed by atoms with Crippen LogP contribution in [-0.4, -0.2) is 84.9 Å². The van der Waals surface area contributed by atoms with Gasteiger partial charge >= 0.3 is 12.1 Å². The number of anilines is 2. The van der Waals surface area contributed by atoms with E-state index in [1.165, 1.54) is 4.90 Å². The van der Waals surface area contributed by atoms with Crippen LogP contribution in [0.15, 0.2) is 42.5 Å². The molecule has 0 saturated heterocycles. The smallest absolute Gasteiger partial charge is 0.321 e. The van der Waals surface area contributed by atoms with Gasteiger partial charge in [-0.25, -0.2) is 9.59 Å². The maximum absolute atomic E-state index is 13.6. The van der Waals surface area contributed by atoms with Crippen molar-refractivity contribution in [1.29, 1.82) is 0 Å². The molecule has 11 heteroatoms. The minimum absolute atomic E-state index is 0.0930. The molecule has 0 unspecified atom stereocenters. The zero-order valence-corrected chi connectivity index (χ0v) is 23.4. The average molecular weight is 542 g/mol. The van der Waals surface area contributed by atoms with E-state index < -0.39 is 18.2 Å². The molecule has 5 amide bonds. The van der Waals surface area contributed by atoms with Crippen LogP contribution >= 0.6 is 0 Å². The minimum atomic E-state index is -0.534. The Bertz CT molecular complexity index is 1160. The number of aliphatic hydroxyl groups is 1. The maximum atomic E-state index is 13.6. The molecule has 0 spiro atoms. The summed E-state index contributed by atoms with van der Waals surface area (Å²) in [5, 5.41) is 18.3. The molecule has 2 aromatic rings. The van der Waals surface area contributed by atoms with E-state index in [9.17, 15) is 19.5 Å². The largest absolute Gasteiger partial charge is 0.497 e. The molecule has 0 aliphatic carbocycles. The number of fused-ring (bicyclic) bond motifs is 1. The molecule has 1 heterocycles. The van der Waals surface area contributed by atoms with Crippen molar-refractivity contribution in [1.82, 2.24) is 15.1 Å². The Kier molecular flexibility index (Phi) is 10.00. The zero-order valence-electron chi connectivity index (χ0n) is 23.4. The van der Waals surface area contributed by atoms with Gasteiger partial charge in [-0.1, -0.05) is 13.0 Å². The lowest BCUT2D eigenvalue weighted by molar-refractivity contribution is 0.0373. The van der Waals surface area contributed by atoms with Crippen molar-refractivity contribution < 1.29 is 29.0 Å². The molecule has 2 aromatic carbocycles. The number of nitrogens with zero attached hydrogens (tertiary/aromatic N) is 2. The van der Waals surface area contributed by atoms with E-state index in [4.69, 9.17) is 9.47 Å². The third-order valence-corrected chi connectivity index (χ3v) is 6.50. The molecular weight excluding hydrogens is 502 g/mol. The Balaban J connectivity index is 1.90. The van der Waals surface area contributed by atoms with Gasteiger partial charge < -0.3 is 40.3 Å². The monoisotopic (exact) mass is 541 g/mol. The van der Waals surface area contributed by atoms with Gasteiger partial charge in [0, 0.05) is 31.2 Å². The number of hydrogen-bond donors (Lipinski definition) is 4. The van der Waals surface area contributed by atoms with Gasteiger partial charge in [0.1, 0.15) is 11.9 Å². The molecule has 3 rings (SSSR count). The molecule has 0 saturated carbocycles. The molecule has 0 aromatic heterocycles. The second-order valence-electron chi connectivity index (χ2n) is 10.1.